The van der Waals surface area contributed by atoms with E-state index < -0.39 is 71.3 Å². The summed E-state index contributed by atoms with van der Waals surface area (Å²) in [7, 11) is 0. The molecule has 59 heavy (non-hydrogen) atoms. The van der Waals surface area contributed by atoms with Crippen LogP contribution in [0.3, 0.4) is 0 Å². The molecule has 0 radical (unpaired) electrons. The number of hydrogen-bond donors (Lipinski definition) is 6. The zero-order valence-corrected chi connectivity index (χ0v) is 36.3. The van der Waals surface area contributed by atoms with E-state index in [1.807, 2.05) is 24.3 Å². The Morgan fingerprint density at radius 2 is 1.31 bits per heavy atom. The van der Waals surface area contributed by atoms with Crippen LogP contribution in [0.5, 0.6) is 0 Å². The molecule has 0 aliphatic rings. The number of rotatable bonds is 22. The molecule has 5 amide bonds. The zero-order valence-electron chi connectivity index (χ0n) is 36.3. The van der Waals surface area contributed by atoms with Crippen LogP contribution < -0.4 is 21.3 Å². The van der Waals surface area contributed by atoms with Crippen LogP contribution in [0.2, 0.25) is 0 Å². The predicted octanol–water partition coefficient (Wildman–Crippen LogP) is 5.85. The average molecular weight is 826 g/mol. The van der Waals surface area contributed by atoms with Gasteiger partial charge in [-0.15, -0.1) is 0 Å². The summed E-state index contributed by atoms with van der Waals surface area (Å²) in [5.41, 5.74) is 2.91. The first-order chi connectivity index (χ1) is 27.6. The second-order valence-corrected chi connectivity index (χ2v) is 16.8. The van der Waals surface area contributed by atoms with Gasteiger partial charge in [0.15, 0.2) is 0 Å². The molecule has 328 valence electrons. The third-order valence-corrected chi connectivity index (χ3v) is 8.95. The van der Waals surface area contributed by atoms with Gasteiger partial charge in [0.05, 0.1) is 6.10 Å². The first-order valence-corrected chi connectivity index (χ1v) is 20.5. The number of nitrogens with one attached hydrogen (secondary N) is 4. The maximum absolute atomic E-state index is 13.2. The maximum atomic E-state index is 13.2. The molecule has 0 bridgehead atoms. The Hall–Kier alpha value is -5.18. The van der Waals surface area contributed by atoms with Crippen molar-refractivity contribution >= 4 is 35.9 Å². The predicted molar refractivity (Wildman–Crippen MR) is 225 cm³/mol. The van der Waals surface area contributed by atoms with E-state index in [9.17, 15) is 39.0 Å². The number of aryl methyl sites for hydroxylation is 1. The molecule has 0 aromatic heterocycles. The van der Waals surface area contributed by atoms with Gasteiger partial charge in [-0.2, -0.15) is 0 Å². The topological polar surface area (TPSA) is 213 Å². The van der Waals surface area contributed by atoms with Crippen LogP contribution in [0, 0.1) is 0 Å². The second-order valence-electron chi connectivity index (χ2n) is 16.8. The highest BCUT2D eigenvalue weighted by atomic mass is 16.6. The minimum atomic E-state index is -1.42. The number of carboxylic acid groups (broad SMARTS) is 1. The lowest BCUT2D eigenvalue weighted by Crippen LogP contribution is -2.57. The number of carbonyl (C=O) groups is 6. The molecule has 15 heteroatoms. The van der Waals surface area contributed by atoms with Crippen LogP contribution in [0.1, 0.15) is 118 Å². The molecule has 2 aromatic rings. The molecule has 0 unspecified atom stereocenters. The lowest BCUT2D eigenvalue weighted by Gasteiger charge is -2.28. The Kier molecular flexibility index (Phi) is 20.4. The number of benzene rings is 2. The summed E-state index contributed by atoms with van der Waals surface area (Å²) in [6.07, 6.45) is 1.86. The van der Waals surface area contributed by atoms with Gasteiger partial charge in [0, 0.05) is 26.1 Å². The van der Waals surface area contributed by atoms with E-state index >= 15 is 0 Å². The highest BCUT2D eigenvalue weighted by molar-refractivity contribution is 5.93. The van der Waals surface area contributed by atoms with Gasteiger partial charge in [-0.1, -0.05) is 61.9 Å². The number of hydrogen-bond acceptors (Lipinski definition) is 9. The van der Waals surface area contributed by atoms with Crippen molar-refractivity contribution in [1.29, 1.82) is 0 Å². The van der Waals surface area contributed by atoms with E-state index in [-0.39, 0.29) is 38.9 Å². The highest BCUT2D eigenvalue weighted by Crippen LogP contribution is 2.22. The molecule has 0 heterocycles. The fraction of sp³-hybridized carbons (Fsp3) is 0.591. The molecule has 0 saturated carbocycles. The molecule has 6 N–H and O–H groups in total. The number of carboxylic acids is 1. The zero-order chi connectivity index (χ0) is 44.3. The molecule has 4 atom stereocenters. The van der Waals surface area contributed by atoms with Crippen molar-refractivity contribution in [2.24, 2.45) is 0 Å². The summed E-state index contributed by atoms with van der Waals surface area (Å²) in [5.74, 6) is -3.46. The Morgan fingerprint density at radius 1 is 0.729 bits per heavy atom. The fourth-order valence-electron chi connectivity index (χ4n) is 5.81. The summed E-state index contributed by atoms with van der Waals surface area (Å²) in [5, 5.41) is 29.9. The SMILES string of the molecule is CCCCc1ccc(-c2ccc(CN(CCCC(=O)N[C@H](C(=O)N[C@@H](C)C(=O)N[C@@H](CCCCNC(=O)OC(C)(C)C)C(=O)O)[C@@H](C)O)C(=O)OC(C)(C)C)cc2)cc1. The molecule has 0 aliphatic heterocycles. The molecule has 2 rings (SSSR count). The number of aliphatic hydroxyl groups is 1. The van der Waals surface area contributed by atoms with Crippen LogP contribution in [-0.2, 0) is 41.6 Å². The standard InChI is InChI=1S/C44H67N5O10/c1-10-11-15-31-18-22-33(23-19-31)34-24-20-32(21-25-34)28-49(42(57)59-44(7,8)9)27-14-17-36(51)48-37(30(3)50)39(53)46-29(2)38(52)47-35(40(54)55)16-12-13-26-45-41(56)58-43(4,5)6/h18-25,29-30,35,37,50H,10-17,26-28H2,1-9H3,(H,45,56)(H,46,53)(H,47,52)(H,48,51)(H,54,55)/t29-,30+,35-,37-/m0/s1. The van der Waals surface area contributed by atoms with Crippen LogP contribution in [0.25, 0.3) is 11.1 Å². The molecular formula is C44H67N5O10. The average Bonchev–Trinajstić information content (AvgIpc) is 3.13. The maximum Gasteiger partial charge on any atom is 0.410 e. The second kappa shape index (κ2) is 24.0. The van der Waals surface area contributed by atoms with Gasteiger partial charge < -0.3 is 45.9 Å². The minimum Gasteiger partial charge on any atom is -0.480 e. The third kappa shape index (κ3) is 19.9. The van der Waals surface area contributed by atoms with Gasteiger partial charge in [0.1, 0.15) is 29.3 Å². The van der Waals surface area contributed by atoms with Crippen molar-refractivity contribution in [3.63, 3.8) is 0 Å². The number of aliphatic carboxylic acids is 1. The van der Waals surface area contributed by atoms with Gasteiger partial charge >= 0.3 is 18.2 Å². The van der Waals surface area contributed by atoms with Crippen molar-refractivity contribution in [3.8, 4) is 11.1 Å². The molecule has 15 nitrogen and oxygen atoms in total. The first-order valence-electron chi connectivity index (χ1n) is 20.5. The summed E-state index contributed by atoms with van der Waals surface area (Å²) in [4.78, 5) is 77.4. The van der Waals surface area contributed by atoms with Crippen molar-refractivity contribution in [3.05, 3.63) is 59.7 Å². The number of unbranched alkanes of at least 4 members (excludes halogenated alkanes) is 2. The van der Waals surface area contributed by atoms with Crippen LogP contribution >= 0.6 is 0 Å². The van der Waals surface area contributed by atoms with Crippen LogP contribution in [0.15, 0.2) is 48.5 Å². The molecule has 0 saturated heterocycles. The molecule has 2 aromatic carbocycles. The van der Waals surface area contributed by atoms with E-state index in [0.717, 1.165) is 36.0 Å². The van der Waals surface area contributed by atoms with Crippen molar-refractivity contribution < 1.29 is 48.5 Å². The van der Waals surface area contributed by atoms with Crippen LogP contribution in [-0.4, -0.2) is 99.5 Å². The number of nitrogens with zero attached hydrogens (tertiary/aromatic N) is 1. The van der Waals surface area contributed by atoms with Crippen molar-refractivity contribution in [2.75, 3.05) is 13.1 Å². The van der Waals surface area contributed by atoms with Gasteiger partial charge in [-0.25, -0.2) is 14.4 Å². The monoisotopic (exact) mass is 825 g/mol. The highest BCUT2D eigenvalue weighted by Gasteiger charge is 2.30. The van der Waals surface area contributed by atoms with Gasteiger partial charge in [0.2, 0.25) is 17.7 Å². The van der Waals surface area contributed by atoms with Crippen molar-refractivity contribution in [2.45, 2.75) is 156 Å². The lowest BCUT2D eigenvalue weighted by molar-refractivity contribution is -0.142. The quantitative estimate of drug-likeness (QED) is 0.0780. The third-order valence-electron chi connectivity index (χ3n) is 8.95. The minimum absolute atomic E-state index is 0.0654. The van der Waals surface area contributed by atoms with E-state index in [1.165, 1.54) is 24.3 Å². The number of ether oxygens (including phenoxy) is 2. The number of aliphatic hydroxyl groups excluding tert-OH is 1. The summed E-state index contributed by atoms with van der Waals surface area (Å²) in [6.45, 7) is 16.0. The van der Waals surface area contributed by atoms with E-state index in [2.05, 4.69) is 52.5 Å². The molecule has 0 fully saturated rings. The Morgan fingerprint density at radius 3 is 1.83 bits per heavy atom. The largest absolute Gasteiger partial charge is 0.480 e. The normalized spacial score (nSPS) is 13.5. The first kappa shape index (κ1) is 50.0. The van der Waals surface area contributed by atoms with Gasteiger partial charge in [-0.05, 0) is 116 Å². The number of alkyl carbamates (subject to hydrolysis) is 1. The molecular weight excluding hydrogens is 759 g/mol. The van der Waals surface area contributed by atoms with E-state index in [1.54, 1.807) is 41.5 Å². The molecule has 0 spiro atoms. The Bertz CT molecular complexity index is 1670. The number of carbonyl (C=O) groups excluding carboxylic acids is 5. The van der Waals surface area contributed by atoms with E-state index in [4.69, 9.17) is 9.47 Å². The van der Waals surface area contributed by atoms with Crippen molar-refractivity contribution in [1.82, 2.24) is 26.2 Å². The molecule has 0 aliphatic carbocycles. The summed E-state index contributed by atoms with van der Waals surface area (Å²) >= 11 is 0. The van der Waals surface area contributed by atoms with Crippen LogP contribution in [0.4, 0.5) is 9.59 Å². The lowest BCUT2D eigenvalue weighted by atomic mass is 10.0. The summed E-state index contributed by atoms with van der Waals surface area (Å²) in [6, 6.07) is 12.6. The summed E-state index contributed by atoms with van der Waals surface area (Å²) < 4.78 is 10.8. The Labute approximate surface area is 349 Å². The fourth-order valence-corrected chi connectivity index (χ4v) is 5.81. The van der Waals surface area contributed by atoms with Gasteiger partial charge in [-0.3, -0.25) is 14.4 Å². The van der Waals surface area contributed by atoms with E-state index in [0.29, 0.717) is 12.8 Å². The number of amides is 5. The Balaban J connectivity index is 1.94. The smallest absolute Gasteiger partial charge is 0.410 e. The van der Waals surface area contributed by atoms with Gasteiger partial charge in [0.25, 0.3) is 0 Å².